The summed E-state index contributed by atoms with van der Waals surface area (Å²) >= 11 is 0. The van der Waals surface area contributed by atoms with Gasteiger partial charge in [0.15, 0.2) is 0 Å². The van der Waals surface area contributed by atoms with Gasteiger partial charge in [0.1, 0.15) is 0 Å². The van der Waals surface area contributed by atoms with Gasteiger partial charge in [0.25, 0.3) is 0 Å². The van der Waals surface area contributed by atoms with E-state index in [4.69, 9.17) is 0 Å². The molecule has 1 amide bonds. The summed E-state index contributed by atoms with van der Waals surface area (Å²) in [6, 6.07) is 0. The monoisotopic (exact) mass is 173 g/mol. The largest absolute Gasteiger partial charge is 0.393 e. The van der Waals surface area contributed by atoms with Crippen molar-refractivity contribution in [3.63, 3.8) is 0 Å². The number of aliphatic hydroxyl groups is 1. The van der Waals surface area contributed by atoms with E-state index >= 15 is 0 Å². The Kier molecular flexibility index (Phi) is 6.76. The molecule has 0 saturated heterocycles. The van der Waals surface area contributed by atoms with Crippen molar-refractivity contribution in [1.82, 2.24) is 5.32 Å². The number of hydrogen-bond acceptors (Lipinski definition) is 2. The van der Waals surface area contributed by atoms with Crippen molar-refractivity contribution in [3.05, 3.63) is 0 Å². The summed E-state index contributed by atoms with van der Waals surface area (Å²) in [6.07, 6.45) is 3.66. The molecule has 0 spiro atoms. The highest BCUT2D eigenvalue weighted by molar-refractivity contribution is 5.75. The van der Waals surface area contributed by atoms with Gasteiger partial charge in [0, 0.05) is 13.5 Å². The molecule has 12 heavy (non-hydrogen) atoms. The minimum atomic E-state index is -0.223. The number of nitrogens with one attached hydrogen (secondary N) is 1. The molecule has 0 aromatic carbocycles. The minimum Gasteiger partial charge on any atom is -0.393 e. The Labute approximate surface area is 74.2 Å². The second-order valence-corrected chi connectivity index (χ2v) is 3.01. The van der Waals surface area contributed by atoms with Crippen LogP contribution < -0.4 is 5.32 Å². The fraction of sp³-hybridized carbons (Fsp3) is 0.889. The van der Waals surface area contributed by atoms with Crippen LogP contribution in [0.25, 0.3) is 0 Å². The molecule has 0 aromatic heterocycles. The van der Waals surface area contributed by atoms with Crippen molar-refractivity contribution < 1.29 is 9.90 Å². The molecular weight excluding hydrogens is 154 g/mol. The lowest BCUT2D eigenvalue weighted by Crippen LogP contribution is -2.18. The Morgan fingerprint density at radius 3 is 2.67 bits per heavy atom. The summed E-state index contributed by atoms with van der Waals surface area (Å²) in [6.45, 7) is 2.04. The van der Waals surface area contributed by atoms with Crippen molar-refractivity contribution in [2.45, 2.75) is 45.1 Å². The van der Waals surface area contributed by atoms with Crippen molar-refractivity contribution in [2.75, 3.05) is 7.05 Å². The summed E-state index contributed by atoms with van der Waals surface area (Å²) in [4.78, 5) is 10.8. The lowest BCUT2D eigenvalue weighted by molar-refractivity contribution is -0.120. The van der Waals surface area contributed by atoms with Crippen LogP contribution in [0, 0.1) is 0 Å². The quantitative estimate of drug-likeness (QED) is 0.631. The lowest BCUT2D eigenvalue weighted by atomic mass is 10.1. The Balaban J connectivity index is 3.24. The van der Waals surface area contributed by atoms with Crippen LogP contribution in [0.3, 0.4) is 0 Å². The first kappa shape index (κ1) is 11.4. The van der Waals surface area contributed by atoms with Crippen molar-refractivity contribution in [1.29, 1.82) is 0 Å². The first-order chi connectivity index (χ1) is 5.70. The van der Waals surface area contributed by atoms with E-state index in [0.717, 1.165) is 25.7 Å². The van der Waals surface area contributed by atoms with Crippen LogP contribution in [0.15, 0.2) is 0 Å². The lowest BCUT2D eigenvalue weighted by Gasteiger charge is -2.07. The average molecular weight is 173 g/mol. The molecule has 0 radical (unpaired) electrons. The molecule has 0 fully saturated rings. The van der Waals surface area contributed by atoms with Crippen molar-refractivity contribution >= 4 is 5.91 Å². The number of amides is 1. The van der Waals surface area contributed by atoms with Gasteiger partial charge >= 0.3 is 0 Å². The maximum absolute atomic E-state index is 10.8. The maximum Gasteiger partial charge on any atom is 0.219 e. The Morgan fingerprint density at radius 1 is 1.50 bits per heavy atom. The number of carbonyl (C=O) groups is 1. The predicted molar refractivity (Wildman–Crippen MR) is 48.8 cm³/mol. The van der Waals surface area contributed by atoms with Crippen LogP contribution in [0.1, 0.15) is 39.0 Å². The Morgan fingerprint density at radius 2 is 2.17 bits per heavy atom. The Bertz CT molecular complexity index is 126. The summed E-state index contributed by atoms with van der Waals surface area (Å²) in [7, 11) is 1.63. The standard InChI is InChI=1S/C9H19NO2/c1-3-5-8(11)6-4-7-9(12)10-2/h8,11H,3-7H2,1-2H3,(H,10,12). The second kappa shape index (κ2) is 7.10. The fourth-order valence-corrected chi connectivity index (χ4v) is 1.10. The molecule has 2 N–H and O–H groups in total. The normalized spacial score (nSPS) is 12.6. The van der Waals surface area contributed by atoms with Crippen LogP contribution in [0.5, 0.6) is 0 Å². The van der Waals surface area contributed by atoms with Gasteiger partial charge in [-0.3, -0.25) is 4.79 Å². The molecular formula is C9H19NO2. The molecule has 3 nitrogen and oxygen atoms in total. The molecule has 0 aromatic rings. The smallest absolute Gasteiger partial charge is 0.219 e. The molecule has 0 bridgehead atoms. The second-order valence-electron chi connectivity index (χ2n) is 3.01. The van der Waals surface area contributed by atoms with Crippen LogP contribution in [-0.4, -0.2) is 24.2 Å². The number of aliphatic hydroxyl groups excluding tert-OH is 1. The minimum absolute atomic E-state index is 0.0544. The molecule has 3 heteroatoms. The summed E-state index contributed by atoms with van der Waals surface area (Å²) in [5.41, 5.74) is 0. The number of hydrogen-bond donors (Lipinski definition) is 2. The summed E-state index contributed by atoms with van der Waals surface area (Å²) < 4.78 is 0. The topological polar surface area (TPSA) is 49.3 Å². The van der Waals surface area contributed by atoms with E-state index in [1.54, 1.807) is 7.05 Å². The zero-order chi connectivity index (χ0) is 9.40. The van der Waals surface area contributed by atoms with Crippen LogP contribution >= 0.6 is 0 Å². The van der Waals surface area contributed by atoms with E-state index < -0.39 is 0 Å². The highest BCUT2D eigenvalue weighted by Gasteiger charge is 2.03. The molecule has 0 aliphatic rings. The molecule has 0 heterocycles. The zero-order valence-corrected chi connectivity index (χ0v) is 7.97. The van der Waals surface area contributed by atoms with E-state index in [2.05, 4.69) is 5.32 Å². The van der Waals surface area contributed by atoms with Crippen molar-refractivity contribution in [2.24, 2.45) is 0 Å². The molecule has 0 rings (SSSR count). The van der Waals surface area contributed by atoms with E-state index in [1.807, 2.05) is 6.92 Å². The van der Waals surface area contributed by atoms with Crippen molar-refractivity contribution in [3.8, 4) is 0 Å². The van der Waals surface area contributed by atoms with E-state index in [-0.39, 0.29) is 12.0 Å². The number of carbonyl (C=O) groups excluding carboxylic acids is 1. The van der Waals surface area contributed by atoms with Gasteiger partial charge in [0.2, 0.25) is 5.91 Å². The SMILES string of the molecule is CCCC(O)CCCC(=O)NC. The third-order valence-corrected chi connectivity index (χ3v) is 1.84. The maximum atomic E-state index is 10.8. The molecule has 1 unspecified atom stereocenters. The molecule has 0 saturated carbocycles. The molecule has 1 atom stereocenters. The summed E-state index contributed by atoms with van der Waals surface area (Å²) in [5.74, 6) is 0.0544. The van der Waals surface area contributed by atoms with Gasteiger partial charge in [-0.05, 0) is 19.3 Å². The van der Waals surface area contributed by atoms with Gasteiger partial charge in [0.05, 0.1) is 6.10 Å². The van der Waals surface area contributed by atoms with E-state index in [0.29, 0.717) is 6.42 Å². The highest BCUT2D eigenvalue weighted by atomic mass is 16.3. The molecule has 0 aliphatic heterocycles. The fourth-order valence-electron chi connectivity index (χ4n) is 1.10. The van der Waals surface area contributed by atoms with E-state index in [9.17, 15) is 9.90 Å². The van der Waals surface area contributed by atoms with Gasteiger partial charge in [-0.25, -0.2) is 0 Å². The van der Waals surface area contributed by atoms with Gasteiger partial charge in [-0.2, -0.15) is 0 Å². The average Bonchev–Trinajstić information content (AvgIpc) is 2.04. The van der Waals surface area contributed by atoms with Crippen LogP contribution in [0.2, 0.25) is 0 Å². The number of rotatable bonds is 6. The van der Waals surface area contributed by atoms with Gasteiger partial charge < -0.3 is 10.4 Å². The zero-order valence-electron chi connectivity index (χ0n) is 7.97. The first-order valence-electron chi connectivity index (χ1n) is 4.59. The molecule has 0 aliphatic carbocycles. The third kappa shape index (κ3) is 6.16. The predicted octanol–water partition coefficient (Wildman–Crippen LogP) is 1.06. The highest BCUT2D eigenvalue weighted by Crippen LogP contribution is 2.05. The van der Waals surface area contributed by atoms with Crippen LogP contribution in [0.4, 0.5) is 0 Å². The summed E-state index contributed by atoms with van der Waals surface area (Å²) in [5, 5.41) is 11.9. The Hall–Kier alpha value is -0.570. The first-order valence-corrected chi connectivity index (χ1v) is 4.59. The third-order valence-electron chi connectivity index (χ3n) is 1.84. The van der Waals surface area contributed by atoms with Gasteiger partial charge in [-0.15, -0.1) is 0 Å². The van der Waals surface area contributed by atoms with Gasteiger partial charge in [-0.1, -0.05) is 13.3 Å². The molecule has 72 valence electrons. The van der Waals surface area contributed by atoms with E-state index in [1.165, 1.54) is 0 Å². The van der Waals surface area contributed by atoms with Crippen LogP contribution in [-0.2, 0) is 4.79 Å².